The van der Waals surface area contributed by atoms with Crippen LogP contribution < -0.4 is 10.0 Å². The Morgan fingerprint density at radius 2 is 1.65 bits per heavy atom. The number of nitrogens with zero attached hydrogens (tertiary/aromatic N) is 1. The highest BCUT2D eigenvalue weighted by Crippen LogP contribution is 2.22. The number of nitrogens with one attached hydrogen (secondary N) is 2. The van der Waals surface area contributed by atoms with Crippen LogP contribution >= 0.6 is 11.6 Å². The number of hydrogen-bond donors (Lipinski definition) is 2. The minimum absolute atomic E-state index is 0.0657. The second-order valence-electron chi connectivity index (χ2n) is 7.48. The molecule has 0 bridgehead atoms. The first-order valence-corrected chi connectivity index (χ1v) is 12.1. The standard InChI is InChI=1S/C22H26ClN3O4S/c1-2-13-24-31(29,30)20-9-7-19(8-10-20)25-21(27)16-11-14-26(15-12-16)22(28)17-3-5-18(23)6-4-17/h3-10,16,24H,2,11-15H2,1H3,(H,25,27). The molecule has 1 heterocycles. The van der Waals surface area contributed by atoms with E-state index in [-0.39, 0.29) is 22.6 Å². The van der Waals surface area contributed by atoms with Gasteiger partial charge in [-0.05, 0) is 67.8 Å². The van der Waals surface area contributed by atoms with Crippen molar-refractivity contribution < 1.29 is 18.0 Å². The van der Waals surface area contributed by atoms with E-state index in [1.807, 2.05) is 6.92 Å². The molecular formula is C22H26ClN3O4S. The van der Waals surface area contributed by atoms with E-state index in [0.717, 1.165) is 0 Å². The molecule has 0 aliphatic carbocycles. The maximum absolute atomic E-state index is 12.6. The lowest BCUT2D eigenvalue weighted by Gasteiger charge is -2.31. The third-order valence-corrected chi connectivity index (χ3v) is 6.95. The molecule has 2 amide bonds. The lowest BCUT2D eigenvalue weighted by atomic mass is 9.95. The molecule has 1 aliphatic rings. The number of benzene rings is 2. The first kappa shape index (κ1) is 23.2. The van der Waals surface area contributed by atoms with Gasteiger partial charge in [-0.2, -0.15) is 0 Å². The quantitative estimate of drug-likeness (QED) is 0.656. The molecule has 2 aromatic rings. The first-order valence-electron chi connectivity index (χ1n) is 10.3. The normalized spacial score (nSPS) is 15.0. The van der Waals surface area contributed by atoms with Crippen LogP contribution in [0.15, 0.2) is 53.4 Å². The SMILES string of the molecule is CCCNS(=O)(=O)c1ccc(NC(=O)C2CCN(C(=O)c3ccc(Cl)cc3)CC2)cc1. The summed E-state index contributed by atoms with van der Waals surface area (Å²) in [6.45, 7) is 3.26. The summed E-state index contributed by atoms with van der Waals surface area (Å²) in [7, 11) is -3.54. The highest BCUT2D eigenvalue weighted by Gasteiger charge is 2.28. The first-order chi connectivity index (χ1) is 14.8. The van der Waals surface area contributed by atoms with Crippen molar-refractivity contribution in [3.63, 3.8) is 0 Å². The Kier molecular flexibility index (Phi) is 7.69. The Bertz CT molecular complexity index is 1020. The fourth-order valence-corrected chi connectivity index (χ4v) is 4.66. The van der Waals surface area contributed by atoms with Gasteiger partial charge in [0.15, 0.2) is 0 Å². The van der Waals surface area contributed by atoms with Gasteiger partial charge >= 0.3 is 0 Å². The van der Waals surface area contributed by atoms with Gasteiger partial charge in [-0.15, -0.1) is 0 Å². The van der Waals surface area contributed by atoms with Gasteiger partial charge < -0.3 is 10.2 Å². The number of likely N-dealkylation sites (tertiary alicyclic amines) is 1. The van der Waals surface area contributed by atoms with Crippen molar-refractivity contribution in [2.24, 2.45) is 5.92 Å². The molecule has 1 saturated heterocycles. The Balaban J connectivity index is 1.53. The van der Waals surface area contributed by atoms with Crippen LogP contribution in [-0.2, 0) is 14.8 Å². The van der Waals surface area contributed by atoms with Crippen molar-refractivity contribution in [1.29, 1.82) is 0 Å². The lowest BCUT2D eigenvalue weighted by Crippen LogP contribution is -2.41. The highest BCUT2D eigenvalue weighted by molar-refractivity contribution is 7.89. The molecule has 0 saturated carbocycles. The maximum Gasteiger partial charge on any atom is 0.253 e. The summed E-state index contributed by atoms with van der Waals surface area (Å²) in [5.41, 5.74) is 1.12. The zero-order chi connectivity index (χ0) is 22.4. The highest BCUT2D eigenvalue weighted by atomic mass is 35.5. The molecular weight excluding hydrogens is 438 g/mol. The molecule has 0 spiro atoms. The van der Waals surface area contributed by atoms with Gasteiger partial charge in [0.05, 0.1) is 4.90 Å². The molecule has 2 N–H and O–H groups in total. The number of halogens is 1. The predicted octanol–water partition coefficient (Wildman–Crippen LogP) is 3.52. The second kappa shape index (κ2) is 10.3. The molecule has 0 aromatic heterocycles. The Morgan fingerprint density at radius 1 is 1.03 bits per heavy atom. The summed E-state index contributed by atoms with van der Waals surface area (Å²) in [5, 5.41) is 3.42. The van der Waals surface area contributed by atoms with Crippen LogP contribution in [0.25, 0.3) is 0 Å². The lowest BCUT2D eigenvalue weighted by molar-refractivity contribution is -0.121. The summed E-state index contributed by atoms with van der Waals surface area (Å²) < 4.78 is 26.8. The van der Waals surface area contributed by atoms with Crippen molar-refractivity contribution in [2.75, 3.05) is 25.0 Å². The monoisotopic (exact) mass is 463 g/mol. The number of amides is 2. The largest absolute Gasteiger partial charge is 0.339 e. The third-order valence-electron chi connectivity index (χ3n) is 5.22. The molecule has 0 unspecified atom stereocenters. The third kappa shape index (κ3) is 6.06. The molecule has 0 radical (unpaired) electrons. The van der Waals surface area contributed by atoms with Crippen LogP contribution in [0, 0.1) is 5.92 Å². The van der Waals surface area contributed by atoms with E-state index >= 15 is 0 Å². The fourth-order valence-electron chi connectivity index (χ4n) is 3.40. The van der Waals surface area contributed by atoms with Crippen molar-refractivity contribution in [2.45, 2.75) is 31.1 Å². The van der Waals surface area contributed by atoms with Crippen LogP contribution in [0.5, 0.6) is 0 Å². The van der Waals surface area contributed by atoms with Crippen LogP contribution in [0.3, 0.4) is 0 Å². The summed E-state index contributed by atoms with van der Waals surface area (Å²) in [5.74, 6) is -0.397. The molecule has 31 heavy (non-hydrogen) atoms. The molecule has 1 fully saturated rings. The molecule has 7 nitrogen and oxygen atoms in total. The Morgan fingerprint density at radius 3 is 2.23 bits per heavy atom. The molecule has 0 atom stereocenters. The topological polar surface area (TPSA) is 95.6 Å². The van der Waals surface area contributed by atoms with E-state index in [1.54, 1.807) is 41.3 Å². The van der Waals surface area contributed by atoms with Crippen LogP contribution in [0.2, 0.25) is 5.02 Å². The maximum atomic E-state index is 12.6. The summed E-state index contributed by atoms with van der Waals surface area (Å²) >= 11 is 5.87. The fraction of sp³-hybridized carbons (Fsp3) is 0.364. The minimum atomic E-state index is -3.54. The van der Waals surface area contributed by atoms with E-state index in [9.17, 15) is 18.0 Å². The molecule has 166 valence electrons. The van der Waals surface area contributed by atoms with E-state index in [4.69, 9.17) is 11.6 Å². The van der Waals surface area contributed by atoms with Gasteiger partial charge in [-0.1, -0.05) is 18.5 Å². The summed E-state index contributed by atoms with van der Waals surface area (Å²) in [6.07, 6.45) is 1.84. The van der Waals surface area contributed by atoms with E-state index in [2.05, 4.69) is 10.0 Å². The second-order valence-corrected chi connectivity index (χ2v) is 9.69. The number of rotatable bonds is 7. The molecule has 2 aromatic carbocycles. The number of piperidine rings is 1. The number of carbonyl (C=O) groups excluding carboxylic acids is 2. The molecule has 1 aliphatic heterocycles. The minimum Gasteiger partial charge on any atom is -0.339 e. The molecule has 3 rings (SSSR count). The van der Waals surface area contributed by atoms with Gasteiger partial charge in [0, 0.05) is 41.8 Å². The van der Waals surface area contributed by atoms with Gasteiger partial charge in [-0.25, -0.2) is 13.1 Å². The number of hydrogen-bond acceptors (Lipinski definition) is 4. The van der Waals surface area contributed by atoms with E-state index < -0.39 is 10.0 Å². The van der Waals surface area contributed by atoms with Crippen molar-refractivity contribution in [3.05, 3.63) is 59.1 Å². The zero-order valence-corrected chi connectivity index (χ0v) is 18.9. The van der Waals surface area contributed by atoms with E-state index in [0.29, 0.717) is 55.2 Å². The van der Waals surface area contributed by atoms with Crippen molar-refractivity contribution in [1.82, 2.24) is 9.62 Å². The summed E-state index contributed by atoms with van der Waals surface area (Å²) in [4.78, 5) is 27.1. The van der Waals surface area contributed by atoms with E-state index in [1.165, 1.54) is 12.1 Å². The van der Waals surface area contributed by atoms with Gasteiger partial charge in [0.2, 0.25) is 15.9 Å². The van der Waals surface area contributed by atoms with Gasteiger partial charge in [-0.3, -0.25) is 9.59 Å². The van der Waals surface area contributed by atoms with Crippen LogP contribution in [-0.4, -0.2) is 44.8 Å². The number of sulfonamides is 1. The zero-order valence-electron chi connectivity index (χ0n) is 17.3. The van der Waals surface area contributed by atoms with Crippen LogP contribution in [0.4, 0.5) is 5.69 Å². The number of carbonyl (C=O) groups is 2. The Hall–Kier alpha value is -2.42. The average molecular weight is 464 g/mol. The number of anilines is 1. The van der Waals surface area contributed by atoms with Crippen LogP contribution in [0.1, 0.15) is 36.5 Å². The van der Waals surface area contributed by atoms with Gasteiger partial charge in [0.1, 0.15) is 0 Å². The van der Waals surface area contributed by atoms with Crippen molar-refractivity contribution >= 4 is 39.1 Å². The van der Waals surface area contributed by atoms with Crippen molar-refractivity contribution in [3.8, 4) is 0 Å². The van der Waals surface area contributed by atoms with Gasteiger partial charge in [0.25, 0.3) is 5.91 Å². The average Bonchev–Trinajstić information content (AvgIpc) is 2.78. The Labute approximate surface area is 187 Å². The summed E-state index contributed by atoms with van der Waals surface area (Å²) in [6, 6.07) is 12.9. The smallest absolute Gasteiger partial charge is 0.253 e. The predicted molar refractivity (Wildman–Crippen MR) is 121 cm³/mol. The molecule has 9 heteroatoms.